The Morgan fingerprint density at radius 2 is 2.00 bits per heavy atom. The molecule has 0 aromatic heterocycles. The van der Waals surface area contributed by atoms with E-state index in [2.05, 4.69) is 0 Å². The number of hydrogen-bond acceptors (Lipinski definition) is 3. The second kappa shape index (κ2) is 6.06. The smallest absolute Gasteiger partial charge is 0.248 e. The number of hydrogen-bond donors (Lipinski definition) is 1. The SMILES string of the molecule is C/C=C\N(c1ccc(C(N)=O)cc1)C(C)OC. The Bertz CT molecular complexity index is 398. The van der Waals surface area contributed by atoms with Gasteiger partial charge in [0.05, 0.1) is 0 Å². The van der Waals surface area contributed by atoms with Crippen LogP contribution in [0.3, 0.4) is 0 Å². The number of carbonyl (C=O) groups is 1. The van der Waals surface area contributed by atoms with E-state index in [-0.39, 0.29) is 6.23 Å². The zero-order valence-corrected chi connectivity index (χ0v) is 10.4. The van der Waals surface area contributed by atoms with Crippen molar-refractivity contribution in [2.75, 3.05) is 12.0 Å². The van der Waals surface area contributed by atoms with Crippen molar-refractivity contribution in [3.8, 4) is 0 Å². The van der Waals surface area contributed by atoms with E-state index < -0.39 is 5.91 Å². The summed E-state index contributed by atoms with van der Waals surface area (Å²) in [6.45, 7) is 3.88. The molecule has 1 unspecified atom stereocenters. The molecule has 2 N–H and O–H groups in total. The van der Waals surface area contributed by atoms with Gasteiger partial charge in [0, 0.05) is 24.6 Å². The third-order valence-electron chi connectivity index (χ3n) is 2.49. The number of anilines is 1. The molecule has 0 aliphatic rings. The number of allylic oxidation sites excluding steroid dienone is 1. The molecule has 0 fully saturated rings. The standard InChI is InChI=1S/C13H18N2O2/c1-4-9-15(10(2)17-3)12-7-5-11(6-8-12)13(14)16/h4-10H,1-3H3,(H2,14,16)/b9-4-. The van der Waals surface area contributed by atoms with E-state index in [0.717, 1.165) is 5.69 Å². The van der Waals surface area contributed by atoms with Crippen LogP contribution in [0.1, 0.15) is 24.2 Å². The average Bonchev–Trinajstić information content (AvgIpc) is 2.35. The van der Waals surface area contributed by atoms with Crippen LogP contribution in [0.25, 0.3) is 0 Å². The lowest BCUT2D eigenvalue weighted by Gasteiger charge is -2.26. The molecule has 0 heterocycles. The van der Waals surface area contributed by atoms with Gasteiger partial charge in [-0.05, 0) is 38.1 Å². The molecule has 92 valence electrons. The van der Waals surface area contributed by atoms with E-state index >= 15 is 0 Å². The first kappa shape index (κ1) is 13.3. The van der Waals surface area contributed by atoms with Gasteiger partial charge < -0.3 is 15.4 Å². The quantitative estimate of drug-likeness (QED) is 0.794. The van der Waals surface area contributed by atoms with E-state index in [9.17, 15) is 4.79 Å². The number of nitrogens with two attached hydrogens (primary N) is 1. The van der Waals surface area contributed by atoms with Crippen LogP contribution in [0, 0.1) is 0 Å². The normalized spacial score (nSPS) is 12.6. The summed E-state index contributed by atoms with van der Waals surface area (Å²) in [4.78, 5) is 12.9. The Labute approximate surface area is 102 Å². The van der Waals surface area contributed by atoms with E-state index in [4.69, 9.17) is 10.5 Å². The summed E-state index contributed by atoms with van der Waals surface area (Å²) in [6, 6.07) is 7.10. The lowest BCUT2D eigenvalue weighted by molar-refractivity contribution is 0.100. The number of primary amides is 1. The molecular weight excluding hydrogens is 216 g/mol. The summed E-state index contributed by atoms with van der Waals surface area (Å²) >= 11 is 0. The van der Waals surface area contributed by atoms with Crippen LogP contribution in [-0.2, 0) is 4.74 Å². The minimum atomic E-state index is -0.422. The van der Waals surface area contributed by atoms with Crippen LogP contribution < -0.4 is 10.6 Å². The molecule has 1 aromatic carbocycles. The molecule has 0 bridgehead atoms. The number of amides is 1. The first-order chi connectivity index (χ1) is 8.10. The van der Waals surface area contributed by atoms with Gasteiger partial charge in [0.25, 0.3) is 0 Å². The van der Waals surface area contributed by atoms with Crippen LogP contribution in [0.5, 0.6) is 0 Å². The summed E-state index contributed by atoms with van der Waals surface area (Å²) < 4.78 is 5.28. The van der Waals surface area contributed by atoms with Crippen LogP contribution in [0.15, 0.2) is 36.5 Å². The molecule has 0 radical (unpaired) electrons. The third-order valence-corrected chi connectivity index (χ3v) is 2.49. The highest BCUT2D eigenvalue weighted by atomic mass is 16.5. The number of benzene rings is 1. The summed E-state index contributed by atoms with van der Waals surface area (Å²) in [5, 5.41) is 0. The maximum Gasteiger partial charge on any atom is 0.248 e. The predicted molar refractivity (Wildman–Crippen MR) is 68.7 cm³/mol. The second-order valence-electron chi connectivity index (χ2n) is 3.64. The molecular formula is C13H18N2O2. The van der Waals surface area contributed by atoms with Crippen molar-refractivity contribution >= 4 is 11.6 Å². The lowest BCUT2D eigenvalue weighted by atomic mass is 10.2. The molecule has 0 saturated carbocycles. The minimum absolute atomic E-state index is 0.0781. The number of ether oxygens (including phenoxy) is 1. The molecule has 1 aromatic rings. The topological polar surface area (TPSA) is 55.6 Å². The number of nitrogens with zero attached hydrogens (tertiary/aromatic N) is 1. The van der Waals surface area contributed by atoms with Crippen molar-refractivity contribution in [3.63, 3.8) is 0 Å². The van der Waals surface area contributed by atoms with Gasteiger partial charge in [0.15, 0.2) is 0 Å². The Balaban J connectivity index is 2.99. The molecule has 4 nitrogen and oxygen atoms in total. The third kappa shape index (κ3) is 3.32. The Morgan fingerprint density at radius 1 is 1.41 bits per heavy atom. The van der Waals surface area contributed by atoms with Crippen molar-refractivity contribution in [1.29, 1.82) is 0 Å². The molecule has 17 heavy (non-hydrogen) atoms. The highest BCUT2D eigenvalue weighted by Crippen LogP contribution is 2.18. The first-order valence-corrected chi connectivity index (χ1v) is 5.44. The maximum absolute atomic E-state index is 11.0. The summed E-state index contributed by atoms with van der Waals surface area (Å²) in [6.07, 6.45) is 3.77. The van der Waals surface area contributed by atoms with Gasteiger partial charge in [-0.2, -0.15) is 0 Å². The molecule has 1 rings (SSSR count). The summed E-state index contributed by atoms with van der Waals surface area (Å²) in [7, 11) is 1.65. The van der Waals surface area contributed by atoms with Gasteiger partial charge in [-0.15, -0.1) is 0 Å². The van der Waals surface area contributed by atoms with Crippen molar-refractivity contribution < 1.29 is 9.53 Å². The number of methoxy groups -OCH3 is 1. The molecule has 0 saturated heterocycles. The summed E-state index contributed by atoms with van der Waals surface area (Å²) in [5.41, 5.74) is 6.64. The van der Waals surface area contributed by atoms with Gasteiger partial charge in [-0.25, -0.2) is 0 Å². The van der Waals surface area contributed by atoms with Crippen LogP contribution in [-0.4, -0.2) is 19.2 Å². The van der Waals surface area contributed by atoms with Crippen molar-refractivity contribution in [1.82, 2.24) is 0 Å². The zero-order valence-electron chi connectivity index (χ0n) is 10.4. The van der Waals surface area contributed by atoms with E-state index in [1.165, 1.54) is 0 Å². The zero-order chi connectivity index (χ0) is 12.8. The number of rotatable bonds is 5. The number of carbonyl (C=O) groups excluding carboxylic acids is 1. The molecule has 4 heteroatoms. The minimum Gasteiger partial charge on any atom is -0.366 e. The van der Waals surface area contributed by atoms with Crippen LogP contribution in [0.4, 0.5) is 5.69 Å². The Morgan fingerprint density at radius 3 is 2.41 bits per heavy atom. The van der Waals surface area contributed by atoms with Crippen LogP contribution in [0.2, 0.25) is 0 Å². The Hall–Kier alpha value is -1.81. The van der Waals surface area contributed by atoms with Crippen molar-refractivity contribution in [2.45, 2.75) is 20.1 Å². The average molecular weight is 234 g/mol. The fraction of sp³-hybridized carbons (Fsp3) is 0.308. The molecule has 1 amide bonds. The molecule has 1 atom stereocenters. The molecule has 0 aliphatic carbocycles. The van der Waals surface area contributed by atoms with Crippen LogP contribution >= 0.6 is 0 Å². The monoisotopic (exact) mass is 234 g/mol. The first-order valence-electron chi connectivity index (χ1n) is 5.44. The maximum atomic E-state index is 11.0. The van der Waals surface area contributed by atoms with Crippen molar-refractivity contribution in [3.05, 3.63) is 42.1 Å². The van der Waals surface area contributed by atoms with Crippen molar-refractivity contribution in [2.24, 2.45) is 5.73 Å². The van der Waals surface area contributed by atoms with Gasteiger partial charge >= 0.3 is 0 Å². The van der Waals surface area contributed by atoms with Gasteiger partial charge in [-0.3, -0.25) is 4.79 Å². The largest absolute Gasteiger partial charge is 0.366 e. The Kier molecular flexibility index (Phi) is 4.72. The fourth-order valence-corrected chi connectivity index (χ4v) is 1.49. The molecule has 0 spiro atoms. The van der Waals surface area contributed by atoms with E-state index in [1.54, 1.807) is 19.2 Å². The lowest BCUT2D eigenvalue weighted by Crippen LogP contribution is -2.29. The van der Waals surface area contributed by atoms with Gasteiger partial charge in [0.1, 0.15) is 6.23 Å². The highest BCUT2D eigenvalue weighted by molar-refractivity contribution is 5.93. The molecule has 0 aliphatic heterocycles. The van der Waals surface area contributed by atoms with E-state index in [1.807, 2.05) is 43.2 Å². The van der Waals surface area contributed by atoms with Gasteiger partial charge in [-0.1, -0.05) is 6.08 Å². The second-order valence-corrected chi connectivity index (χ2v) is 3.64. The fourth-order valence-electron chi connectivity index (χ4n) is 1.49. The predicted octanol–water partition coefficient (Wildman–Crippen LogP) is 2.12. The summed E-state index contributed by atoms with van der Waals surface area (Å²) in [5.74, 6) is -0.422. The highest BCUT2D eigenvalue weighted by Gasteiger charge is 2.11. The van der Waals surface area contributed by atoms with Gasteiger partial charge in [0.2, 0.25) is 5.91 Å². The van der Waals surface area contributed by atoms with E-state index in [0.29, 0.717) is 5.56 Å².